The van der Waals surface area contributed by atoms with Crippen molar-refractivity contribution in [3.05, 3.63) is 0 Å². The van der Waals surface area contributed by atoms with Crippen molar-refractivity contribution in [3.63, 3.8) is 0 Å². The normalized spacial score (nSPS) is 29.6. The van der Waals surface area contributed by atoms with Crippen molar-refractivity contribution in [2.75, 3.05) is 13.7 Å². The van der Waals surface area contributed by atoms with Gasteiger partial charge < -0.3 is 0 Å². The molecule has 3 unspecified atom stereocenters. The Morgan fingerprint density at radius 2 is 1.71 bits per heavy atom. The summed E-state index contributed by atoms with van der Waals surface area (Å²) in [6.45, 7) is 8.06. The quantitative estimate of drug-likeness (QED) is 0.488. The van der Waals surface area contributed by atoms with Crippen LogP contribution in [0.5, 0.6) is 0 Å². The van der Waals surface area contributed by atoms with Gasteiger partial charge in [0, 0.05) is 7.05 Å². The monoisotopic (exact) mass is 215 g/mol. The van der Waals surface area contributed by atoms with E-state index in [0.29, 0.717) is 8.58 Å². The number of rotatable bonds is 1. The van der Waals surface area contributed by atoms with Gasteiger partial charge in [-0.3, -0.25) is 14.5 Å². The second-order valence-corrected chi connectivity index (χ2v) is 6.04. The first-order valence-electron chi connectivity index (χ1n) is 4.79. The van der Waals surface area contributed by atoms with Crippen LogP contribution in [0.25, 0.3) is 0 Å². The van der Waals surface area contributed by atoms with Crippen LogP contribution in [0, 0.1) is 11.3 Å². The minimum Gasteiger partial charge on any atom is -0.285 e. The molecule has 4 heteroatoms. The van der Waals surface area contributed by atoms with Gasteiger partial charge in [0.25, 0.3) is 0 Å². The highest BCUT2D eigenvalue weighted by molar-refractivity contribution is 7.39. The van der Waals surface area contributed by atoms with Gasteiger partial charge >= 0.3 is 0 Å². The number of imide groups is 1. The Morgan fingerprint density at radius 1 is 1.21 bits per heavy atom. The van der Waals surface area contributed by atoms with Crippen LogP contribution in [0.15, 0.2) is 0 Å². The molecule has 0 saturated carbocycles. The molecule has 0 aliphatic carbocycles. The van der Waals surface area contributed by atoms with Crippen molar-refractivity contribution >= 4 is 20.4 Å². The van der Waals surface area contributed by atoms with Gasteiger partial charge in [-0.15, -0.1) is 8.58 Å². The minimum absolute atomic E-state index is 0.00393. The Morgan fingerprint density at radius 3 is 2.00 bits per heavy atom. The van der Waals surface area contributed by atoms with Gasteiger partial charge in [0.05, 0.1) is 11.6 Å². The summed E-state index contributed by atoms with van der Waals surface area (Å²) in [6, 6.07) is 0. The van der Waals surface area contributed by atoms with Crippen LogP contribution >= 0.6 is 8.58 Å². The van der Waals surface area contributed by atoms with Gasteiger partial charge in [-0.1, -0.05) is 20.8 Å². The minimum atomic E-state index is -0.136. The molecule has 1 aliphatic rings. The van der Waals surface area contributed by atoms with Crippen molar-refractivity contribution in [2.45, 2.75) is 26.4 Å². The third-order valence-corrected chi connectivity index (χ3v) is 3.97. The van der Waals surface area contributed by atoms with Crippen LogP contribution in [0.2, 0.25) is 0 Å². The van der Waals surface area contributed by atoms with Crippen LogP contribution in [0.1, 0.15) is 20.8 Å². The molecule has 80 valence electrons. The van der Waals surface area contributed by atoms with Gasteiger partial charge in [-0.05, 0) is 12.1 Å². The van der Waals surface area contributed by atoms with E-state index in [1.165, 1.54) is 4.90 Å². The predicted molar refractivity (Wildman–Crippen MR) is 58.7 cm³/mol. The van der Waals surface area contributed by atoms with Crippen LogP contribution in [0.3, 0.4) is 0 Å². The van der Waals surface area contributed by atoms with Gasteiger partial charge in [-0.2, -0.15) is 0 Å². The lowest BCUT2D eigenvalue weighted by molar-refractivity contribution is -0.138. The average Bonchev–Trinajstić information content (AvgIpc) is 2.28. The number of nitrogens with zero attached hydrogens (tertiary/aromatic N) is 1. The Balaban J connectivity index is 3.05. The predicted octanol–water partition coefficient (Wildman–Crippen LogP) is 1.32. The van der Waals surface area contributed by atoms with Crippen molar-refractivity contribution in [1.82, 2.24) is 4.90 Å². The Kier molecular flexibility index (Phi) is 3.01. The first-order valence-corrected chi connectivity index (χ1v) is 6.37. The van der Waals surface area contributed by atoms with Crippen molar-refractivity contribution < 1.29 is 9.59 Å². The van der Waals surface area contributed by atoms with Gasteiger partial charge in [0.15, 0.2) is 0 Å². The first kappa shape index (κ1) is 11.6. The van der Waals surface area contributed by atoms with Gasteiger partial charge in [0.1, 0.15) is 0 Å². The standard InChI is InChI=1S/C10H18NO2P/c1-10(2,3)6-7(14-5)9(13)11(4)8(6)12/h6-7,14H,1-5H3. The number of hydrogen-bond acceptors (Lipinski definition) is 2. The third-order valence-electron chi connectivity index (χ3n) is 2.77. The molecule has 1 fully saturated rings. The summed E-state index contributed by atoms with van der Waals surface area (Å²) in [5.41, 5.74) is -0.210. The summed E-state index contributed by atoms with van der Waals surface area (Å²) in [5.74, 6) is -0.152. The molecule has 3 atom stereocenters. The smallest absolute Gasteiger partial charge is 0.236 e. The molecule has 1 aliphatic heterocycles. The zero-order chi connectivity index (χ0) is 11.1. The van der Waals surface area contributed by atoms with Crippen molar-refractivity contribution in [2.24, 2.45) is 11.3 Å². The molecule has 0 aromatic rings. The molecule has 3 nitrogen and oxygen atoms in total. The summed E-state index contributed by atoms with van der Waals surface area (Å²) < 4.78 is 0. The maximum absolute atomic E-state index is 11.8. The largest absolute Gasteiger partial charge is 0.285 e. The highest BCUT2D eigenvalue weighted by Crippen LogP contribution is 2.42. The number of amides is 2. The van der Waals surface area contributed by atoms with Gasteiger partial charge in [-0.25, -0.2) is 0 Å². The van der Waals surface area contributed by atoms with Crippen LogP contribution < -0.4 is 0 Å². The fourth-order valence-corrected chi connectivity index (χ4v) is 3.39. The topological polar surface area (TPSA) is 37.4 Å². The molecule has 0 aromatic heterocycles. The maximum atomic E-state index is 11.8. The second kappa shape index (κ2) is 3.62. The number of carbonyl (C=O) groups is 2. The maximum Gasteiger partial charge on any atom is 0.236 e. The van der Waals surface area contributed by atoms with E-state index in [9.17, 15) is 9.59 Å². The molecule has 14 heavy (non-hydrogen) atoms. The van der Waals surface area contributed by atoms with Crippen LogP contribution in [-0.4, -0.2) is 36.1 Å². The fourth-order valence-electron chi connectivity index (χ4n) is 1.97. The Bertz CT molecular complexity index is 270. The Labute approximate surface area is 87.0 Å². The van der Waals surface area contributed by atoms with Crippen molar-refractivity contribution in [1.29, 1.82) is 0 Å². The van der Waals surface area contributed by atoms with Gasteiger partial charge in [0.2, 0.25) is 11.8 Å². The molecule has 0 bridgehead atoms. The van der Waals surface area contributed by atoms with Crippen LogP contribution in [-0.2, 0) is 9.59 Å². The molecule has 0 N–H and O–H groups in total. The molecular formula is C10H18NO2P. The highest BCUT2D eigenvalue weighted by Gasteiger charge is 2.49. The zero-order valence-corrected chi connectivity index (χ0v) is 10.4. The summed E-state index contributed by atoms with van der Waals surface area (Å²) in [6.07, 6.45) is 0. The van der Waals surface area contributed by atoms with E-state index in [2.05, 4.69) is 0 Å². The summed E-state index contributed by atoms with van der Waals surface area (Å²) in [5, 5.41) is 0. The highest BCUT2D eigenvalue weighted by atomic mass is 31.1. The van der Waals surface area contributed by atoms with Crippen molar-refractivity contribution in [3.8, 4) is 0 Å². The molecule has 1 rings (SSSR count). The molecule has 1 saturated heterocycles. The Hall–Kier alpha value is -0.430. The zero-order valence-electron chi connectivity index (χ0n) is 9.42. The summed E-state index contributed by atoms with van der Waals surface area (Å²) in [4.78, 5) is 24.8. The number of carbonyl (C=O) groups excluding carboxylic acids is 2. The molecule has 1 heterocycles. The molecule has 2 amide bonds. The lowest BCUT2D eigenvalue weighted by atomic mass is 9.79. The van der Waals surface area contributed by atoms with E-state index in [-0.39, 0.29) is 28.8 Å². The molecule has 0 radical (unpaired) electrons. The lowest BCUT2D eigenvalue weighted by Crippen LogP contribution is -2.33. The third kappa shape index (κ3) is 1.70. The summed E-state index contributed by atoms with van der Waals surface area (Å²) in [7, 11) is 2.09. The fraction of sp³-hybridized carbons (Fsp3) is 0.800. The first-order chi connectivity index (χ1) is 6.30. The van der Waals surface area contributed by atoms with E-state index in [1.807, 2.05) is 27.4 Å². The molecular weight excluding hydrogens is 197 g/mol. The summed E-state index contributed by atoms with van der Waals surface area (Å²) >= 11 is 0. The molecule has 0 spiro atoms. The van der Waals surface area contributed by atoms with E-state index in [4.69, 9.17) is 0 Å². The average molecular weight is 215 g/mol. The second-order valence-electron chi connectivity index (χ2n) is 4.85. The van der Waals surface area contributed by atoms with E-state index < -0.39 is 0 Å². The van der Waals surface area contributed by atoms with E-state index >= 15 is 0 Å². The number of likely N-dealkylation sites (tertiary alicyclic amines) is 1. The van der Waals surface area contributed by atoms with E-state index in [0.717, 1.165) is 0 Å². The van der Waals surface area contributed by atoms with Crippen LogP contribution in [0.4, 0.5) is 0 Å². The lowest BCUT2D eigenvalue weighted by Gasteiger charge is -2.28. The SMILES string of the molecule is CPC1C(=O)N(C)C(=O)C1C(C)(C)C. The number of hydrogen-bond donors (Lipinski definition) is 0. The van der Waals surface area contributed by atoms with E-state index in [1.54, 1.807) is 7.05 Å². The molecule has 0 aromatic carbocycles.